The lowest BCUT2D eigenvalue weighted by Crippen LogP contribution is -2.32. The summed E-state index contributed by atoms with van der Waals surface area (Å²) in [6, 6.07) is 9.37. The summed E-state index contributed by atoms with van der Waals surface area (Å²) >= 11 is 4.08. The Balaban J connectivity index is 2.08. The van der Waals surface area contributed by atoms with E-state index in [9.17, 15) is 13.2 Å². The van der Waals surface area contributed by atoms with Crippen LogP contribution < -0.4 is 10.5 Å². The first kappa shape index (κ1) is 22.9. The maximum atomic E-state index is 13.8. The molecule has 1 aliphatic rings. The summed E-state index contributed by atoms with van der Waals surface area (Å²) in [5.74, 6) is -1.59. The monoisotopic (exact) mass is 443 g/mol. The molecule has 0 bridgehead atoms. The highest BCUT2D eigenvalue weighted by Gasteiger charge is 2.36. The molecule has 162 valence electrons. The van der Waals surface area contributed by atoms with Gasteiger partial charge in [-0.25, -0.2) is 18.2 Å². The predicted molar refractivity (Wildman–Crippen MR) is 123 cm³/mol. The van der Waals surface area contributed by atoms with Gasteiger partial charge in [-0.05, 0) is 79.1 Å². The number of rotatable bonds is 7. The largest absolute Gasteiger partial charge is 0.404 e. The SMILES string of the molecule is C=CC1(Cc2cc(F)cc(F)c2)CC(=CN)C(=Nc2ccc(F)cc2)C=C1CCNS. The second-order valence-corrected chi connectivity index (χ2v) is 7.80. The van der Waals surface area contributed by atoms with E-state index in [-0.39, 0.29) is 5.82 Å². The van der Waals surface area contributed by atoms with Crippen molar-refractivity contribution in [3.8, 4) is 0 Å². The van der Waals surface area contributed by atoms with Crippen LogP contribution in [-0.2, 0) is 6.42 Å². The molecule has 1 unspecified atom stereocenters. The van der Waals surface area contributed by atoms with Gasteiger partial charge in [-0.15, -0.1) is 6.58 Å². The summed E-state index contributed by atoms with van der Waals surface area (Å²) < 4.78 is 43.7. The van der Waals surface area contributed by atoms with Gasteiger partial charge in [-0.3, -0.25) is 4.72 Å². The summed E-state index contributed by atoms with van der Waals surface area (Å²) in [7, 11) is 0. The molecule has 31 heavy (non-hydrogen) atoms. The number of nitrogens with one attached hydrogen (secondary N) is 1. The van der Waals surface area contributed by atoms with Gasteiger partial charge in [0.1, 0.15) is 17.5 Å². The number of benzene rings is 2. The average Bonchev–Trinajstić information content (AvgIpc) is 2.74. The minimum absolute atomic E-state index is 0.341. The van der Waals surface area contributed by atoms with Gasteiger partial charge < -0.3 is 5.73 Å². The molecule has 0 aliphatic heterocycles. The Labute approximate surface area is 185 Å². The fourth-order valence-corrected chi connectivity index (χ4v) is 4.00. The van der Waals surface area contributed by atoms with Gasteiger partial charge in [0.05, 0.1) is 11.4 Å². The Morgan fingerprint density at radius 2 is 1.77 bits per heavy atom. The Bertz CT molecular complexity index is 1020. The Morgan fingerprint density at radius 3 is 2.35 bits per heavy atom. The summed E-state index contributed by atoms with van der Waals surface area (Å²) in [6.07, 6.45) is 6.64. The third-order valence-electron chi connectivity index (χ3n) is 5.40. The fraction of sp³-hybridized carbons (Fsp3) is 0.208. The van der Waals surface area contributed by atoms with Crippen molar-refractivity contribution in [2.75, 3.05) is 6.54 Å². The molecule has 7 heteroatoms. The molecule has 0 aromatic heterocycles. The second kappa shape index (κ2) is 10.0. The van der Waals surface area contributed by atoms with E-state index in [0.29, 0.717) is 42.8 Å². The molecule has 1 aliphatic carbocycles. The Hall–Kier alpha value is -2.77. The Morgan fingerprint density at radius 1 is 1.10 bits per heavy atom. The number of aliphatic imine (C=N–C) groups is 1. The van der Waals surface area contributed by atoms with Crippen molar-refractivity contribution >= 4 is 24.2 Å². The topological polar surface area (TPSA) is 50.4 Å². The van der Waals surface area contributed by atoms with Gasteiger partial charge in [0, 0.05) is 18.0 Å². The average molecular weight is 444 g/mol. The number of hydrogen-bond donors (Lipinski definition) is 3. The van der Waals surface area contributed by atoms with Gasteiger partial charge in [0.25, 0.3) is 0 Å². The van der Waals surface area contributed by atoms with E-state index >= 15 is 0 Å². The van der Waals surface area contributed by atoms with Crippen LogP contribution >= 0.6 is 12.8 Å². The molecule has 1 atom stereocenters. The van der Waals surface area contributed by atoms with Crippen LogP contribution in [0.4, 0.5) is 18.9 Å². The number of hydrogen-bond acceptors (Lipinski definition) is 4. The molecular weight excluding hydrogens is 419 g/mol. The lowest BCUT2D eigenvalue weighted by molar-refractivity contribution is 0.434. The zero-order valence-electron chi connectivity index (χ0n) is 16.9. The first-order chi connectivity index (χ1) is 14.9. The molecule has 3 nitrogen and oxygen atoms in total. The smallest absolute Gasteiger partial charge is 0.126 e. The molecule has 0 heterocycles. The van der Waals surface area contributed by atoms with Crippen LogP contribution in [0.2, 0.25) is 0 Å². The highest BCUT2D eigenvalue weighted by Crippen LogP contribution is 2.45. The minimum Gasteiger partial charge on any atom is -0.404 e. The lowest BCUT2D eigenvalue weighted by Gasteiger charge is -2.38. The van der Waals surface area contributed by atoms with Crippen LogP contribution in [0.25, 0.3) is 0 Å². The molecule has 2 aromatic rings. The van der Waals surface area contributed by atoms with Crippen molar-refractivity contribution in [1.82, 2.24) is 4.72 Å². The maximum absolute atomic E-state index is 13.8. The van der Waals surface area contributed by atoms with E-state index < -0.39 is 17.0 Å². The Kier molecular flexibility index (Phi) is 7.41. The first-order valence-corrected chi connectivity index (χ1v) is 10.3. The van der Waals surface area contributed by atoms with Crippen LogP contribution in [0.5, 0.6) is 0 Å². The van der Waals surface area contributed by atoms with Crippen molar-refractivity contribution in [1.29, 1.82) is 0 Å². The highest BCUT2D eigenvalue weighted by atomic mass is 32.1. The summed E-state index contributed by atoms with van der Waals surface area (Å²) in [5, 5.41) is 0. The van der Waals surface area contributed by atoms with E-state index in [2.05, 4.69) is 29.1 Å². The van der Waals surface area contributed by atoms with Crippen LogP contribution in [0, 0.1) is 22.9 Å². The number of nitrogens with zero attached hydrogens (tertiary/aromatic N) is 1. The molecule has 0 spiro atoms. The predicted octanol–water partition coefficient (Wildman–Crippen LogP) is 5.59. The standard InChI is InChI=1S/C24H24F3N3S/c1-2-24(13-16-9-20(26)12-21(27)10-16)14-17(15-28)23(11-18(24)7-8-29-31)30-22-5-3-19(25)4-6-22/h2-6,9-12,15,29,31H,1,7-8,13-14,28H2. The van der Waals surface area contributed by atoms with Gasteiger partial charge in [0.2, 0.25) is 0 Å². The molecule has 3 rings (SSSR count). The van der Waals surface area contributed by atoms with Crippen molar-refractivity contribution in [3.05, 3.63) is 102 Å². The number of halogens is 3. The molecule has 0 saturated heterocycles. The van der Waals surface area contributed by atoms with Crippen molar-refractivity contribution in [2.45, 2.75) is 19.3 Å². The molecule has 2 aromatic carbocycles. The zero-order chi connectivity index (χ0) is 22.4. The normalized spacial score (nSPS) is 21.4. The van der Waals surface area contributed by atoms with Crippen LogP contribution in [-0.4, -0.2) is 12.3 Å². The van der Waals surface area contributed by atoms with Gasteiger partial charge in [-0.2, -0.15) is 0 Å². The highest BCUT2D eigenvalue weighted by molar-refractivity contribution is 7.78. The van der Waals surface area contributed by atoms with Gasteiger partial charge >= 0.3 is 0 Å². The van der Waals surface area contributed by atoms with Crippen LogP contribution in [0.15, 0.2) is 83.5 Å². The van der Waals surface area contributed by atoms with Gasteiger partial charge in [0.15, 0.2) is 0 Å². The first-order valence-electron chi connectivity index (χ1n) is 9.81. The second-order valence-electron chi connectivity index (χ2n) is 7.48. The third kappa shape index (κ3) is 5.48. The van der Waals surface area contributed by atoms with Crippen molar-refractivity contribution < 1.29 is 13.2 Å². The molecular formula is C24H24F3N3S. The van der Waals surface area contributed by atoms with E-state index in [1.54, 1.807) is 18.2 Å². The fourth-order valence-electron chi connectivity index (χ4n) is 3.89. The molecule has 0 saturated carbocycles. The van der Waals surface area contributed by atoms with Crippen LogP contribution in [0.1, 0.15) is 18.4 Å². The molecule has 0 amide bonds. The third-order valence-corrected chi connectivity index (χ3v) is 5.63. The number of nitrogens with two attached hydrogens (primary N) is 1. The molecule has 0 radical (unpaired) electrons. The number of allylic oxidation sites excluding steroid dienone is 3. The quantitative estimate of drug-likeness (QED) is 0.386. The minimum atomic E-state index is -0.624. The van der Waals surface area contributed by atoms with Crippen molar-refractivity contribution in [2.24, 2.45) is 16.1 Å². The zero-order valence-corrected chi connectivity index (χ0v) is 17.8. The molecule has 0 fully saturated rings. The summed E-state index contributed by atoms with van der Waals surface area (Å²) in [4.78, 5) is 4.64. The van der Waals surface area contributed by atoms with Gasteiger partial charge in [-0.1, -0.05) is 24.5 Å². The van der Waals surface area contributed by atoms with Crippen molar-refractivity contribution in [3.63, 3.8) is 0 Å². The van der Waals surface area contributed by atoms with E-state index in [0.717, 1.165) is 17.2 Å². The summed E-state index contributed by atoms with van der Waals surface area (Å²) in [6.45, 7) is 4.60. The molecule has 3 N–H and O–H groups in total. The van der Waals surface area contributed by atoms with E-state index in [1.165, 1.54) is 30.5 Å². The summed E-state index contributed by atoms with van der Waals surface area (Å²) in [5.41, 5.74) is 8.86. The van der Waals surface area contributed by atoms with E-state index in [4.69, 9.17) is 5.73 Å². The maximum Gasteiger partial charge on any atom is 0.126 e. The van der Waals surface area contributed by atoms with Crippen LogP contribution in [0.3, 0.4) is 0 Å². The van der Waals surface area contributed by atoms with E-state index in [1.807, 2.05) is 6.08 Å². The number of thiol groups is 1. The lowest BCUT2D eigenvalue weighted by atomic mass is 9.66.